The lowest BCUT2D eigenvalue weighted by Gasteiger charge is -2.11. The average molecular weight is 425 g/mol. The van der Waals surface area contributed by atoms with Crippen molar-refractivity contribution in [1.82, 2.24) is 19.9 Å². The SMILES string of the molecule is CC(=NNc1cc(NCCc2ccncc2)nc(Nc2ccccc2)n1)c1ccncc1. The van der Waals surface area contributed by atoms with Crippen LogP contribution in [0, 0.1) is 0 Å². The molecule has 8 nitrogen and oxygen atoms in total. The number of anilines is 4. The molecule has 0 aliphatic rings. The largest absolute Gasteiger partial charge is 0.370 e. The smallest absolute Gasteiger partial charge is 0.231 e. The van der Waals surface area contributed by atoms with Gasteiger partial charge in [0, 0.05) is 48.6 Å². The first-order valence-corrected chi connectivity index (χ1v) is 10.3. The molecule has 8 heteroatoms. The highest BCUT2D eigenvalue weighted by molar-refractivity contribution is 5.98. The Hall–Kier alpha value is -4.33. The number of hydrogen-bond acceptors (Lipinski definition) is 8. The van der Waals surface area contributed by atoms with Gasteiger partial charge in [-0.2, -0.15) is 15.1 Å². The van der Waals surface area contributed by atoms with Gasteiger partial charge in [-0.1, -0.05) is 18.2 Å². The van der Waals surface area contributed by atoms with E-state index in [-0.39, 0.29) is 0 Å². The van der Waals surface area contributed by atoms with Gasteiger partial charge in [0.1, 0.15) is 5.82 Å². The number of nitrogens with one attached hydrogen (secondary N) is 3. The van der Waals surface area contributed by atoms with Gasteiger partial charge >= 0.3 is 0 Å². The van der Waals surface area contributed by atoms with Crippen LogP contribution in [0.3, 0.4) is 0 Å². The Labute approximate surface area is 186 Å². The summed E-state index contributed by atoms with van der Waals surface area (Å²) < 4.78 is 0. The topological polar surface area (TPSA) is 100 Å². The lowest BCUT2D eigenvalue weighted by molar-refractivity contribution is 0.994. The summed E-state index contributed by atoms with van der Waals surface area (Å²) in [6, 6.07) is 19.5. The van der Waals surface area contributed by atoms with E-state index in [1.807, 2.05) is 67.6 Å². The van der Waals surface area contributed by atoms with Crippen molar-refractivity contribution < 1.29 is 0 Å². The fraction of sp³-hybridized carbons (Fsp3) is 0.125. The zero-order valence-electron chi connectivity index (χ0n) is 17.7. The van der Waals surface area contributed by atoms with Crippen LogP contribution < -0.4 is 16.1 Å². The Morgan fingerprint density at radius 3 is 2.28 bits per heavy atom. The Morgan fingerprint density at radius 1 is 0.844 bits per heavy atom. The molecule has 32 heavy (non-hydrogen) atoms. The van der Waals surface area contributed by atoms with Gasteiger partial charge in [0.15, 0.2) is 5.82 Å². The normalized spacial score (nSPS) is 11.1. The average Bonchev–Trinajstić information content (AvgIpc) is 2.84. The number of hydrogen-bond donors (Lipinski definition) is 3. The first-order chi connectivity index (χ1) is 15.8. The van der Waals surface area contributed by atoms with Crippen LogP contribution in [0.4, 0.5) is 23.3 Å². The summed E-state index contributed by atoms with van der Waals surface area (Å²) in [5.74, 6) is 1.76. The molecule has 0 saturated carbocycles. The molecule has 0 saturated heterocycles. The fourth-order valence-electron chi connectivity index (χ4n) is 2.98. The minimum Gasteiger partial charge on any atom is -0.370 e. The highest BCUT2D eigenvalue weighted by Crippen LogP contribution is 2.18. The molecule has 0 aliphatic heterocycles. The summed E-state index contributed by atoms with van der Waals surface area (Å²) in [4.78, 5) is 17.3. The molecule has 0 aliphatic carbocycles. The van der Waals surface area contributed by atoms with Crippen molar-refractivity contribution in [3.05, 3.63) is 96.6 Å². The molecule has 0 fully saturated rings. The van der Waals surface area contributed by atoms with Crippen LogP contribution in [-0.2, 0) is 6.42 Å². The Bertz CT molecular complexity index is 1150. The van der Waals surface area contributed by atoms with Crippen molar-refractivity contribution in [2.45, 2.75) is 13.3 Å². The van der Waals surface area contributed by atoms with Crippen molar-refractivity contribution in [2.75, 3.05) is 22.6 Å². The van der Waals surface area contributed by atoms with Gasteiger partial charge in [-0.05, 0) is 55.3 Å². The lowest BCUT2D eigenvalue weighted by atomic mass is 10.2. The van der Waals surface area contributed by atoms with E-state index in [4.69, 9.17) is 0 Å². The van der Waals surface area contributed by atoms with Crippen LogP contribution >= 0.6 is 0 Å². The molecule has 0 amide bonds. The summed E-state index contributed by atoms with van der Waals surface area (Å²) >= 11 is 0. The number of hydrazone groups is 1. The molecular weight excluding hydrogens is 400 g/mol. The number of para-hydroxylation sites is 1. The third-order valence-electron chi connectivity index (χ3n) is 4.66. The van der Waals surface area contributed by atoms with Gasteiger partial charge in [-0.25, -0.2) is 0 Å². The standard InChI is InChI=1S/C24H24N8/c1-18(20-10-14-26-15-11-20)31-32-23-17-22(27-16-9-19-7-12-25-13-8-19)29-24(30-23)28-21-5-3-2-4-6-21/h2-8,10-15,17H,9,16H2,1H3,(H3,27,28,29,30,32). The first-order valence-electron chi connectivity index (χ1n) is 10.3. The third-order valence-corrected chi connectivity index (χ3v) is 4.66. The second-order valence-corrected chi connectivity index (χ2v) is 7.03. The van der Waals surface area contributed by atoms with E-state index in [2.05, 4.69) is 41.1 Å². The van der Waals surface area contributed by atoms with Gasteiger partial charge in [0.25, 0.3) is 0 Å². The van der Waals surface area contributed by atoms with Gasteiger partial charge in [0.2, 0.25) is 5.95 Å². The molecule has 3 aromatic heterocycles. The number of rotatable bonds is 9. The van der Waals surface area contributed by atoms with Crippen LogP contribution in [-0.4, -0.2) is 32.2 Å². The number of aromatic nitrogens is 4. The van der Waals surface area contributed by atoms with Crippen LogP contribution in [0.2, 0.25) is 0 Å². The van der Waals surface area contributed by atoms with E-state index < -0.39 is 0 Å². The predicted octanol–water partition coefficient (Wildman–Crippen LogP) is 4.50. The van der Waals surface area contributed by atoms with Crippen LogP contribution in [0.5, 0.6) is 0 Å². The lowest BCUT2D eigenvalue weighted by Crippen LogP contribution is -2.10. The predicted molar refractivity (Wildman–Crippen MR) is 128 cm³/mol. The Morgan fingerprint density at radius 2 is 1.53 bits per heavy atom. The van der Waals surface area contributed by atoms with Crippen molar-refractivity contribution in [3.63, 3.8) is 0 Å². The molecule has 0 radical (unpaired) electrons. The molecule has 1 aromatic carbocycles. The molecule has 160 valence electrons. The summed E-state index contributed by atoms with van der Waals surface area (Å²) in [5, 5.41) is 11.1. The fourth-order valence-corrected chi connectivity index (χ4v) is 2.98. The first kappa shape index (κ1) is 20.9. The molecule has 3 N–H and O–H groups in total. The highest BCUT2D eigenvalue weighted by atomic mass is 15.3. The Balaban J connectivity index is 1.51. The van der Waals surface area contributed by atoms with E-state index in [9.17, 15) is 0 Å². The zero-order chi connectivity index (χ0) is 22.0. The van der Waals surface area contributed by atoms with Crippen molar-refractivity contribution in [3.8, 4) is 0 Å². The maximum absolute atomic E-state index is 4.60. The molecule has 4 aromatic rings. The van der Waals surface area contributed by atoms with E-state index in [1.54, 1.807) is 24.8 Å². The quantitative estimate of drug-likeness (QED) is 0.269. The van der Waals surface area contributed by atoms with Gasteiger partial charge in [0.05, 0.1) is 5.71 Å². The van der Waals surface area contributed by atoms with Gasteiger partial charge < -0.3 is 10.6 Å². The van der Waals surface area contributed by atoms with Crippen molar-refractivity contribution >= 4 is 29.0 Å². The minimum atomic E-state index is 0.476. The van der Waals surface area contributed by atoms with Crippen LogP contribution in [0.25, 0.3) is 0 Å². The van der Waals surface area contributed by atoms with E-state index >= 15 is 0 Å². The van der Waals surface area contributed by atoms with Crippen LogP contribution in [0.1, 0.15) is 18.1 Å². The monoisotopic (exact) mass is 424 g/mol. The molecular formula is C24H24N8. The maximum Gasteiger partial charge on any atom is 0.231 e. The third kappa shape index (κ3) is 6.09. The summed E-state index contributed by atoms with van der Waals surface area (Å²) in [6.45, 7) is 2.66. The minimum absolute atomic E-state index is 0.476. The van der Waals surface area contributed by atoms with E-state index in [1.165, 1.54) is 5.56 Å². The molecule has 0 spiro atoms. The maximum atomic E-state index is 4.60. The highest BCUT2D eigenvalue weighted by Gasteiger charge is 2.06. The van der Waals surface area contributed by atoms with Crippen molar-refractivity contribution in [2.24, 2.45) is 5.10 Å². The van der Waals surface area contributed by atoms with Gasteiger partial charge in [-0.3, -0.25) is 15.4 Å². The van der Waals surface area contributed by atoms with E-state index in [0.717, 1.165) is 29.9 Å². The number of pyridine rings is 2. The molecule has 0 atom stereocenters. The molecule has 0 bridgehead atoms. The second kappa shape index (κ2) is 10.6. The number of benzene rings is 1. The van der Waals surface area contributed by atoms with Crippen molar-refractivity contribution in [1.29, 1.82) is 0 Å². The summed E-state index contributed by atoms with van der Waals surface area (Å²) in [5.41, 5.74) is 6.98. The molecule has 0 unspecified atom stereocenters. The molecule has 4 rings (SSSR count). The van der Waals surface area contributed by atoms with E-state index in [0.29, 0.717) is 17.6 Å². The molecule has 3 heterocycles. The van der Waals surface area contributed by atoms with Crippen LogP contribution in [0.15, 0.2) is 90.6 Å². The second-order valence-electron chi connectivity index (χ2n) is 7.03. The summed E-state index contributed by atoms with van der Waals surface area (Å²) in [7, 11) is 0. The summed E-state index contributed by atoms with van der Waals surface area (Å²) in [6.07, 6.45) is 7.94. The Kier molecular flexibility index (Phi) is 6.95. The van der Waals surface area contributed by atoms with Gasteiger partial charge in [-0.15, -0.1) is 0 Å². The zero-order valence-corrected chi connectivity index (χ0v) is 17.7. The number of nitrogens with zero attached hydrogens (tertiary/aromatic N) is 5.